The molecule has 0 aromatic heterocycles. The number of nitrogens with one attached hydrogen (secondary N) is 1. The third-order valence-electron chi connectivity index (χ3n) is 5.44. The van der Waals surface area contributed by atoms with Crippen molar-refractivity contribution in [1.29, 1.82) is 0 Å². The Morgan fingerprint density at radius 3 is 2.03 bits per heavy atom. The largest absolute Gasteiger partial charge is 0.354 e. The van der Waals surface area contributed by atoms with Gasteiger partial charge in [-0.05, 0) is 46.9 Å². The third kappa shape index (κ3) is 7.89. The molecular formula is C28H30Cl2N2O2. The quantitative estimate of drug-likeness (QED) is 0.377. The van der Waals surface area contributed by atoms with Crippen molar-refractivity contribution in [2.24, 2.45) is 5.92 Å². The van der Waals surface area contributed by atoms with Gasteiger partial charge in [-0.15, -0.1) is 0 Å². The average Bonchev–Trinajstić information content (AvgIpc) is 2.80. The van der Waals surface area contributed by atoms with Crippen molar-refractivity contribution in [2.75, 3.05) is 6.54 Å². The smallest absolute Gasteiger partial charge is 0.243 e. The zero-order valence-electron chi connectivity index (χ0n) is 19.5. The van der Waals surface area contributed by atoms with Gasteiger partial charge in [0.05, 0.1) is 6.42 Å². The van der Waals surface area contributed by atoms with Crippen molar-refractivity contribution in [3.05, 3.63) is 106 Å². The second kappa shape index (κ2) is 12.6. The molecule has 4 nitrogen and oxygen atoms in total. The van der Waals surface area contributed by atoms with Crippen LogP contribution in [-0.4, -0.2) is 29.3 Å². The zero-order valence-corrected chi connectivity index (χ0v) is 21.0. The Kier molecular flexibility index (Phi) is 9.55. The number of nitrogens with zero attached hydrogens (tertiary/aromatic N) is 1. The van der Waals surface area contributed by atoms with Gasteiger partial charge in [0.2, 0.25) is 11.8 Å². The van der Waals surface area contributed by atoms with Crippen LogP contribution < -0.4 is 5.32 Å². The fraction of sp³-hybridized carbons (Fsp3) is 0.286. The Labute approximate surface area is 211 Å². The molecule has 2 amide bonds. The second-order valence-electron chi connectivity index (χ2n) is 8.80. The van der Waals surface area contributed by atoms with Crippen LogP contribution in [-0.2, 0) is 29.0 Å². The highest BCUT2D eigenvalue weighted by molar-refractivity contribution is 6.30. The first-order chi connectivity index (χ1) is 16.3. The highest BCUT2D eigenvalue weighted by Crippen LogP contribution is 2.19. The molecule has 1 N–H and O–H groups in total. The first-order valence-electron chi connectivity index (χ1n) is 11.4. The van der Waals surface area contributed by atoms with E-state index in [1.807, 2.05) is 74.5 Å². The maximum absolute atomic E-state index is 13.7. The molecule has 3 rings (SSSR count). The Morgan fingerprint density at radius 2 is 1.41 bits per heavy atom. The van der Waals surface area contributed by atoms with Gasteiger partial charge in [0.1, 0.15) is 6.04 Å². The van der Waals surface area contributed by atoms with E-state index in [9.17, 15) is 9.59 Å². The molecule has 0 bridgehead atoms. The van der Waals surface area contributed by atoms with Crippen molar-refractivity contribution in [3.8, 4) is 0 Å². The van der Waals surface area contributed by atoms with Crippen LogP contribution in [0.1, 0.15) is 30.5 Å². The minimum atomic E-state index is -0.674. The van der Waals surface area contributed by atoms with Gasteiger partial charge in [0.25, 0.3) is 0 Å². The summed E-state index contributed by atoms with van der Waals surface area (Å²) in [5.74, 6) is -0.0215. The standard InChI is InChI=1S/C28H30Cl2N2O2/c1-20(2)18-31-28(34)26(16-21-8-4-3-5-9-21)32(19-23-11-7-13-25(30)15-23)27(33)17-22-10-6-12-24(29)14-22/h3-15,20,26H,16-19H2,1-2H3,(H,31,34)/t26-/m1/s1. The van der Waals surface area contributed by atoms with Gasteiger partial charge in [0.15, 0.2) is 0 Å². The summed E-state index contributed by atoms with van der Waals surface area (Å²) in [7, 11) is 0. The van der Waals surface area contributed by atoms with Crippen LogP contribution in [0.5, 0.6) is 0 Å². The van der Waals surface area contributed by atoms with Crippen LogP contribution in [0.2, 0.25) is 10.0 Å². The number of amides is 2. The maximum Gasteiger partial charge on any atom is 0.243 e. The van der Waals surface area contributed by atoms with Gasteiger partial charge in [-0.1, -0.05) is 91.6 Å². The summed E-state index contributed by atoms with van der Waals surface area (Å²) in [6.07, 6.45) is 0.552. The molecule has 3 aromatic rings. The van der Waals surface area contributed by atoms with Gasteiger partial charge in [-0.3, -0.25) is 9.59 Å². The molecule has 0 aliphatic heterocycles. The molecule has 0 saturated heterocycles. The van der Waals surface area contributed by atoms with Crippen LogP contribution >= 0.6 is 23.2 Å². The normalized spacial score (nSPS) is 11.8. The van der Waals surface area contributed by atoms with Crippen LogP contribution in [0.25, 0.3) is 0 Å². The van der Waals surface area contributed by atoms with Crippen molar-refractivity contribution < 1.29 is 9.59 Å². The number of hydrogen-bond donors (Lipinski definition) is 1. The predicted molar refractivity (Wildman–Crippen MR) is 139 cm³/mol. The SMILES string of the molecule is CC(C)CNC(=O)[C@@H](Cc1ccccc1)N(Cc1cccc(Cl)c1)C(=O)Cc1cccc(Cl)c1. The van der Waals surface area contributed by atoms with Crippen LogP contribution in [0.4, 0.5) is 0 Å². The number of rotatable bonds is 10. The van der Waals surface area contributed by atoms with Crippen molar-refractivity contribution in [3.63, 3.8) is 0 Å². The van der Waals surface area contributed by atoms with E-state index in [1.54, 1.807) is 23.1 Å². The number of benzene rings is 3. The number of halogens is 2. The lowest BCUT2D eigenvalue weighted by Gasteiger charge is -2.32. The minimum Gasteiger partial charge on any atom is -0.354 e. The fourth-order valence-corrected chi connectivity index (χ4v) is 4.16. The molecule has 178 valence electrons. The first-order valence-corrected chi connectivity index (χ1v) is 12.2. The van der Waals surface area contributed by atoms with Crippen molar-refractivity contribution >= 4 is 35.0 Å². The molecule has 0 aliphatic carbocycles. The topological polar surface area (TPSA) is 49.4 Å². The van der Waals surface area contributed by atoms with E-state index in [0.29, 0.717) is 28.9 Å². The van der Waals surface area contributed by atoms with Crippen LogP contribution in [0, 0.1) is 5.92 Å². The molecule has 0 fully saturated rings. The monoisotopic (exact) mass is 496 g/mol. The average molecular weight is 497 g/mol. The van der Waals surface area contributed by atoms with Crippen LogP contribution in [0.3, 0.4) is 0 Å². The summed E-state index contributed by atoms with van der Waals surface area (Å²) in [5.41, 5.74) is 2.65. The lowest BCUT2D eigenvalue weighted by molar-refractivity contribution is -0.140. The van der Waals surface area contributed by atoms with Crippen molar-refractivity contribution in [2.45, 2.75) is 39.3 Å². The molecule has 3 aromatic carbocycles. The van der Waals surface area contributed by atoms with Gasteiger partial charge in [-0.2, -0.15) is 0 Å². The number of carbonyl (C=O) groups excluding carboxylic acids is 2. The van der Waals surface area contributed by atoms with E-state index >= 15 is 0 Å². The van der Waals surface area contributed by atoms with E-state index in [2.05, 4.69) is 5.32 Å². The predicted octanol–water partition coefficient (Wildman–Crippen LogP) is 5.95. The lowest BCUT2D eigenvalue weighted by Crippen LogP contribution is -2.51. The van der Waals surface area contributed by atoms with E-state index in [-0.39, 0.29) is 24.8 Å². The van der Waals surface area contributed by atoms with E-state index in [4.69, 9.17) is 23.2 Å². The number of carbonyl (C=O) groups is 2. The molecule has 0 radical (unpaired) electrons. The summed E-state index contributed by atoms with van der Waals surface area (Å²) >= 11 is 12.4. The van der Waals surface area contributed by atoms with Gasteiger partial charge < -0.3 is 10.2 Å². The second-order valence-corrected chi connectivity index (χ2v) is 9.68. The molecule has 34 heavy (non-hydrogen) atoms. The first kappa shape index (κ1) is 25.8. The highest BCUT2D eigenvalue weighted by Gasteiger charge is 2.30. The molecule has 0 aliphatic rings. The highest BCUT2D eigenvalue weighted by atomic mass is 35.5. The molecule has 6 heteroatoms. The lowest BCUT2D eigenvalue weighted by atomic mass is 10.0. The molecule has 0 heterocycles. The molecule has 1 atom stereocenters. The van der Waals surface area contributed by atoms with E-state index < -0.39 is 6.04 Å². The van der Waals surface area contributed by atoms with Gasteiger partial charge in [-0.25, -0.2) is 0 Å². The third-order valence-corrected chi connectivity index (χ3v) is 5.91. The molecule has 0 saturated carbocycles. The van der Waals surface area contributed by atoms with E-state index in [0.717, 1.165) is 16.7 Å². The molecule has 0 spiro atoms. The summed E-state index contributed by atoms with van der Waals surface area (Å²) in [6, 6.07) is 23.7. The summed E-state index contributed by atoms with van der Waals surface area (Å²) in [4.78, 5) is 28.7. The maximum atomic E-state index is 13.7. The Balaban J connectivity index is 1.96. The fourth-order valence-electron chi connectivity index (χ4n) is 3.73. The Hall–Kier alpha value is -2.82. The molecular weight excluding hydrogens is 467 g/mol. The van der Waals surface area contributed by atoms with Gasteiger partial charge >= 0.3 is 0 Å². The van der Waals surface area contributed by atoms with E-state index in [1.165, 1.54) is 0 Å². The van der Waals surface area contributed by atoms with Gasteiger partial charge in [0, 0.05) is 29.6 Å². The Morgan fingerprint density at radius 1 is 0.824 bits per heavy atom. The number of hydrogen-bond acceptors (Lipinski definition) is 2. The zero-order chi connectivity index (χ0) is 24.5. The molecule has 0 unspecified atom stereocenters. The van der Waals surface area contributed by atoms with Crippen molar-refractivity contribution in [1.82, 2.24) is 10.2 Å². The minimum absolute atomic E-state index is 0.143. The summed E-state index contributed by atoms with van der Waals surface area (Å²) in [6.45, 7) is 4.89. The Bertz CT molecular complexity index is 1100. The summed E-state index contributed by atoms with van der Waals surface area (Å²) in [5, 5.41) is 4.19. The van der Waals surface area contributed by atoms with Crippen LogP contribution in [0.15, 0.2) is 78.9 Å². The summed E-state index contributed by atoms with van der Waals surface area (Å²) < 4.78 is 0.